The van der Waals surface area contributed by atoms with Gasteiger partial charge in [-0.3, -0.25) is 19.7 Å². The summed E-state index contributed by atoms with van der Waals surface area (Å²) >= 11 is 0. The lowest BCUT2D eigenvalue weighted by Gasteiger charge is -2.08. The molecule has 2 aromatic carbocycles. The average Bonchev–Trinajstić information content (AvgIpc) is 2.65. The van der Waals surface area contributed by atoms with E-state index in [4.69, 9.17) is 9.47 Å². The molecule has 2 aromatic rings. The molecule has 2 amide bonds. The van der Waals surface area contributed by atoms with Gasteiger partial charge in [-0.2, -0.15) is 0 Å². The number of carbonyl (C=O) groups is 2. The predicted octanol–water partition coefficient (Wildman–Crippen LogP) is 1.74. The molecule has 0 spiro atoms. The van der Waals surface area contributed by atoms with Crippen LogP contribution in [-0.2, 0) is 9.59 Å². The molecule has 2 N–H and O–H groups in total. The summed E-state index contributed by atoms with van der Waals surface area (Å²) < 4.78 is 10.3. The molecule has 0 fully saturated rings. The predicted molar refractivity (Wildman–Crippen MR) is 93.2 cm³/mol. The van der Waals surface area contributed by atoms with E-state index >= 15 is 0 Å². The van der Waals surface area contributed by atoms with Crippen LogP contribution in [0.15, 0.2) is 48.5 Å². The summed E-state index contributed by atoms with van der Waals surface area (Å²) in [6, 6.07) is 12.2. The third-order valence-corrected chi connectivity index (χ3v) is 3.22. The maximum absolute atomic E-state index is 11.8. The quantitative estimate of drug-likeness (QED) is 0.547. The Balaban J connectivity index is 1.75. The number of methoxy groups -OCH3 is 1. The zero-order valence-corrected chi connectivity index (χ0v) is 13.9. The number of nitro groups is 1. The van der Waals surface area contributed by atoms with Crippen LogP contribution in [0.25, 0.3) is 0 Å². The normalized spacial score (nSPS) is 9.88. The van der Waals surface area contributed by atoms with E-state index in [1.54, 1.807) is 31.4 Å². The topological polar surface area (TPSA) is 120 Å². The Labute approximate surface area is 149 Å². The van der Waals surface area contributed by atoms with Crippen LogP contribution in [0.5, 0.6) is 11.5 Å². The van der Waals surface area contributed by atoms with Gasteiger partial charge in [0.05, 0.1) is 18.6 Å². The van der Waals surface area contributed by atoms with Gasteiger partial charge in [0.2, 0.25) is 5.91 Å². The van der Waals surface area contributed by atoms with Crippen molar-refractivity contribution in [2.75, 3.05) is 25.6 Å². The summed E-state index contributed by atoms with van der Waals surface area (Å²) in [5.74, 6) is 0.167. The Hall–Kier alpha value is -3.62. The zero-order chi connectivity index (χ0) is 18.9. The van der Waals surface area contributed by atoms with Crippen LogP contribution in [0.1, 0.15) is 0 Å². The number of carbonyl (C=O) groups excluding carboxylic acids is 2. The van der Waals surface area contributed by atoms with Gasteiger partial charge >= 0.3 is 0 Å². The molecule has 0 aliphatic rings. The van der Waals surface area contributed by atoms with E-state index in [1.807, 2.05) is 0 Å². The summed E-state index contributed by atoms with van der Waals surface area (Å²) in [7, 11) is 1.54. The Kier molecular flexibility index (Phi) is 6.49. The number of hydrogen-bond donors (Lipinski definition) is 2. The monoisotopic (exact) mass is 359 g/mol. The van der Waals surface area contributed by atoms with Crippen molar-refractivity contribution in [2.45, 2.75) is 0 Å². The molecule has 136 valence electrons. The van der Waals surface area contributed by atoms with Crippen molar-refractivity contribution >= 4 is 23.2 Å². The lowest BCUT2D eigenvalue weighted by atomic mass is 10.3. The summed E-state index contributed by atoms with van der Waals surface area (Å²) in [6.45, 7) is -0.538. The first-order valence-corrected chi connectivity index (χ1v) is 7.56. The molecule has 2 rings (SSSR count). The van der Waals surface area contributed by atoms with Crippen molar-refractivity contribution in [2.24, 2.45) is 0 Å². The second kappa shape index (κ2) is 9.02. The zero-order valence-electron chi connectivity index (χ0n) is 13.9. The van der Waals surface area contributed by atoms with Crippen LogP contribution in [0.4, 0.5) is 11.4 Å². The highest BCUT2D eigenvalue weighted by Gasteiger charge is 2.10. The number of non-ortho nitro benzene ring substituents is 1. The molecule has 9 heteroatoms. The van der Waals surface area contributed by atoms with E-state index in [0.717, 1.165) is 0 Å². The van der Waals surface area contributed by atoms with E-state index in [0.29, 0.717) is 11.5 Å². The molecule has 0 aromatic heterocycles. The van der Waals surface area contributed by atoms with Gasteiger partial charge in [-0.15, -0.1) is 0 Å². The second-order valence-electron chi connectivity index (χ2n) is 5.10. The molecular weight excluding hydrogens is 342 g/mol. The van der Waals surface area contributed by atoms with E-state index in [2.05, 4.69) is 10.6 Å². The Bertz CT molecular complexity index is 791. The van der Waals surface area contributed by atoms with Crippen molar-refractivity contribution in [3.05, 3.63) is 58.6 Å². The lowest BCUT2D eigenvalue weighted by Crippen LogP contribution is -2.35. The summed E-state index contributed by atoms with van der Waals surface area (Å²) in [6.07, 6.45) is 0. The molecule has 0 aliphatic carbocycles. The molecule has 0 saturated carbocycles. The third kappa shape index (κ3) is 5.78. The fraction of sp³-hybridized carbons (Fsp3) is 0.176. The SMILES string of the molecule is COc1ccc(OCC(=O)NCC(=O)Nc2cccc([N+](=O)[O-])c2)cc1. The maximum atomic E-state index is 11.8. The first-order valence-electron chi connectivity index (χ1n) is 7.56. The van der Waals surface area contributed by atoms with Gasteiger partial charge in [0.15, 0.2) is 6.61 Å². The molecule has 0 atom stereocenters. The highest BCUT2D eigenvalue weighted by Crippen LogP contribution is 2.17. The summed E-state index contributed by atoms with van der Waals surface area (Å²) in [5.41, 5.74) is 0.132. The Morgan fingerprint density at radius 3 is 2.42 bits per heavy atom. The molecular formula is C17H17N3O6. The molecule has 9 nitrogen and oxygen atoms in total. The molecule has 26 heavy (non-hydrogen) atoms. The highest BCUT2D eigenvalue weighted by atomic mass is 16.6. The van der Waals surface area contributed by atoms with Gasteiger partial charge in [0.25, 0.3) is 11.6 Å². The van der Waals surface area contributed by atoms with Crippen LogP contribution >= 0.6 is 0 Å². The minimum atomic E-state index is -0.562. The standard InChI is InChI=1S/C17H17N3O6/c1-25-14-5-7-15(8-6-14)26-11-17(22)18-10-16(21)19-12-3-2-4-13(9-12)20(23)24/h2-9H,10-11H2,1H3,(H,18,22)(H,19,21). The Morgan fingerprint density at radius 1 is 1.08 bits per heavy atom. The highest BCUT2D eigenvalue weighted by molar-refractivity contribution is 5.94. The number of rotatable bonds is 8. The van der Waals surface area contributed by atoms with Crippen molar-refractivity contribution in [1.82, 2.24) is 5.32 Å². The van der Waals surface area contributed by atoms with Gasteiger partial charge in [0.1, 0.15) is 11.5 Å². The van der Waals surface area contributed by atoms with Crippen LogP contribution in [0.3, 0.4) is 0 Å². The van der Waals surface area contributed by atoms with Gasteiger partial charge in [-0.25, -0.2) is 0 Å². The van der Waals surface area contributed by atoms with Crippen molar-refractivity contribution < 1.29 is 24.0 Å². The molecule has 0 aliphatic heterocycles. The van der Waals surface area contributed by atoms with E-state index in [-0.39, 0.29) is 24.5 Å². The summed E-state index contributed by atoms with van der Waals surface area (Å²) in [4.78, 5) is 33.6. The largest absolute Gasteiger partial charge is 0.497 e. The molecule has 0 unspecified atom stereocenters. The van der Waals surface area contributed by atoms with E-state index < -0.39 is 16.7 Å². The Morgan fingerprint density at radius 2 is 1.77 bits per heavy atom. The number of anilines is 1. The van der Waals surface area contributed by atoms with Crippen LogP contribution in [0, 0.1) is 10.1 Å². The molecule has 0 saturated heterocycles. The fourth-order valence-electron chi connectivity index (χ4n) is 1.95. The minimum Gasteiger partial charge on any atom is -0.497 e. The number of benzene rings is 2. The third-order valence-electron chi connectivity index (χ3n) is 3.22. The van der Waals surface area contributed by atoms with Gasteiger partial charge < -0.3 is 20.1 Å². The van der Waals surface area contributed by atoms with Crippen LogP contribution in [0.2, 0.25) is 0 Å². The lowest BCUT2D eigenvalue weighted by molar-refractivity contribution is -0.384. The number of amides is 2. The number of ether oxygens (including phenoxy) is 2. The first-order chi connectivity index (χ1) is 12.5. The number of nitrogens with zero attached hydrogens (tertiary/aromatic N) is 1. The van der Waals surface area contributed by atoms with Gasteiger partial charge in [-0.1, -0.05) is 6.07 Å². The molecule has 0 radical (unpaired) electrons. The number of nitrogens with one attached hydrogen (secondary N) is 2. The number of hydrogen-bond acceptors (Lipinski definition) is 6. The van der Waals surface area contributed by atoms with Crippen molar-refractivity contribution in [3.63, 3.8) is 0 Å². The van der Waals surface area contributed by atoms with E-state index in [9.17, 15) is 19.7 Å². The average molecular weight is 359 g/mol. The van der Waals surface area contributed by atoms with Crippen molar-refractivity contribution in [3.8, 4) is 11.5 Å². The van der Waals surface area contributed by atoms with Gasteiger partial charge in [0, 0.05) is 17.8 Å². The fourth-order valence-corrected chi connectivity index (χ4v) is 1.95. The van der Waals surface area contributed by atoms with E-state index in [1.165, 1.54) is 24.3 Å². The van der Waals surface area contributed by atoms with Gasteiger partial charge in [-0.05, 0) is 30.3 Å². The first kappa shape index (κ1) is 18.7. The van der Waals surface area contributed by atoms with Crippen LogP contribution < -0.4 is 20.1 Å². The second-order valence-corrected chi connectivity index (χ2v) is 5.10. The van der Waals surface area contributed by atoms with Crippen LogP contribution in [-0.4, -0.2) is 37.0 Å². The molecule has 0 heterocycles. The van der Waals surface area contributed by atoms with Crippen molar-refractivity contribution in [1.29, 1.82) is 0 Å². The maximum Gasteiger partial charge on any atom is 0.271 e. The summed E-state index contributed by atoms with van der Waals surface area (Å²) in [5, 5.41) is 15.6. The molecule has 0 bridgehead atoms. The number of nitro benzene ring substituents is 1. The minimum absolute atomic E-state index is 0.139. The smallest absolute Gasteiger partial charge is 0.271 e.